The molecule has 0 aromatic heterocycles. The molecule has 0 bridgehead atoms. The average Bonchev–Trinajstić information content (AvgIpc) is 2.43. The Morgan fingerprint density at radius 3 is 2.50 bits per heavy atom. The van der Waals surface area contributed by atoms with E-state index < -0.39 is 0 Å². The van der Waals surface area contributed by atoms with Crippen molar-refractivity contribution in [3.63, 3.8) is 0 Å². The van der Waals surface area contributed by atoms with Crippen LogP contribution in [0, 0.1) is 0 Å². The minimum atomic E-state index is 0. The third kappa shape index (κ3) is 4.25. The van der Waals surface area contributed by atoms with Crippen molar-refractivity contribution in [1.82, 2.24) is 5.43 Å². The quantitative estimate of drug-likeness (QED) is 0.319. The Kier molecular flexibility index (Phi) is 10.1. The maximum Gasteiger partial charge on any atom is 0.0487 e. The number of hydrogen-bond donors (Lipinski definition) is 3. The van der Waals surface area contributed by atoms with Crippen LogP contribution < -0.4 is 17.1 Å². The first-order valence-electron chi connectivity index (χ1n) is 3.04. The van der Waals surface area contributed by atoms with Crippen LogP contribution in [-0.4, -0.2) is 17.7 Å². The molecule has 0 radical (unpaired) electrons. The molecule has 7 N–H and O–H groups in total. The van der Waals surface area contributed by atoms with Gasteiger partial charge in [0.15, 0.2) is 0 Å². The van der Waals surface area contributed by atoms with E-state index >= 15 is 0 Å². The average molecular weight is 148 g/mol. The van der Waals surface area contributed by atoms with Crippen LogP contribution >= 0.6 is 0 Å². The van der Waals surface area contributed by atoms with Gasteiger partial charge in [-0.2, -0.15) is 5.10 Å². The Bertz CT molecular complexity index is 77.7. The van der Waals surface area contributed by atoms with Crippen molar-refractivity contribution in [3.05, 3.63) is 0 Å². The zero-order valence-corrected chi connectivity index (χ0v) is 6.17. The second kappa shape index (κ2) is 8.35. The van der Waals surface area contributed by atoms with Gasteiger partial charge in [0.2, 0.25) is 0 Å². The van der Waals surface area contributed by atoms with Gasteiger partial charge in [-0.3, -0.25) is 11.7 Å². The van der Waals surface area contributed by atoms with Crippen molar-refractivity contribution in [3.8, 4) is 0 Å². The fourth-order valence-corrected chi connectivity index (χ4v) is 0.649. The molecule has 5 heteroatoms. The first-order valence-corrected chi connectivity index (χ1v) is 3.04. The normalized spacial score (nSPS) is 20.1. The van der Waals surface area contributed by atoms with Gasteiger partial charge >= 0.3 is 0 Å². The van der Waals surface area contributed by atoms with E-state index in [9.17, 15) is 0 Å². The molecule has 1 heterocycles. The van der Waals surface area contributed by atoms with Crippen molar-refractivity contribution in [1.29, 1.82) is 0 Å². The number of nitrogens with zero attached hydrogens (tertiary/aromatic N) is 1. The summed E-state index contributed by atoms with van der Waals surface area (Å²) >= 11 is 0. The molecule has 0 saturated carbocycles. The molecular weight excluding hydrogens is 132 g/mol. The van der Waals surface area contributed by atoms with Crippen LogP contribution in [0.5, 0.6) is 0 Å². The summed E-state index contributed by atoms with van der Waals surface area (Å²) < 4.78 is 0. The van der Waals surface area contributed by atoms with Gasteiger partial charge in [0.05, 0.1) is 0 Å². The van der Waals surface area contributed by atoms with Gasteiger partial charge in [0.25, 0.3) is 0 Å². The van der Waals surface area contributed by atoms with E-state index in [4.69, 9.17) is 0 Å². The van der Waals surface area contributed by atoms with Crippen molar-refractivity contribution in [2.24, 2.45) is 16.8 Å². The van der Waals surface area contributed by atoms with Crippen LogP contribution in [0.1, 0.15) is 19.8 Å². The summed E-state index contributed by atoms with van der Waals surface area (Å²) in [4.78, 5) is 0. The molecule has 62 valence electrons. The number of nitrogens with one attached hydrogen (secondary N) is 1. The summed E-state index contributed by atoms with van der Waals surface area (Å²) in [5.41, 5.74) is 2.98. The van der Waals surface area contributed by atoms with Crippen LogP contribution in [0.15, 0.2) is 5.10 Å². The van der Waals surface area contributed by atoms with E-state index in [1.54, 1.807) is 0 Å². The molecular formula is C5H16N4O. The van der Waals surface area contributed by atoms with Crippen LogP contribution in [0.3, 0.4) is 0 Å². The highest BCUT2D eigenvalue weighted by Gasteiger charge is 2.04. The predicted octanol–water partition coefficient (Wildman–Crippen LogP) is -1.26. The van der Waals surface area contributed by atoms with Gasteiger partial charge in [0, 0.05) is 18.7 Å². The Morgan fingerprint density at radius 1 is 1.70 bits per heavy atom. The Balaban J connectivity index is 0. The van der Waals surface area contributed by atoms with Gasteiger partial charge in [-0.1, -0.05) is 6.92 Å². The summed E-state index contributed by atoms with van der Waals surface area (Å²) in [5.74, 6) is 8.00. The van der Waals surface area contributed by atoms with E-state index in [0.717, 1.165) is 6.42 Å². The van der Waals surface area contributed by atoms with E-state index in [-0.39, 0.29) is 5.48 Å². The molecule has 0 aromatic carbocycles. The Labute approximate surface area is 60.7 Å². The maximum atomic E-state index is 4.00. The molecule has 0 aliphatic carbocycles. The van der Waals surface area contributed by atoms with E-state index in [1.165, 1.54) is 6.42 Å². The van der Waals surface area contributed by atoms with E-state index in [2.05, 4.69) is 29.1 Å². The SMILES string of the molecule is CCC1CC=NN1.NN.O. The standard InChI is InChI=1S/C5H10N2.H4N2.H2O/c1-2-5-3-4-6-7-5;1-2;/h4-5,7H,2-3H2,1H3;1-2H2;1H2. The highest BCUT2D eigenvalue weighted by molar-refractivity contribution is 5.59. The van der Waals surface area contributed by atoms with Gasteiger partial charge in [0.1, 0.15) is 0 Å². The van der Waals surface area contributed by atoms with Gasteiger partial charge in [-0.15, -0.1) is 0 Å². The molecule has 1 aliphatic rings. The third-order valence-electron chi connectivity index (χ3n) is 1.23. The van der Waals surface area contributed by atoms with Crippen molar-refractivity contribution in [2.75, 3.05) is 0 Å². The fraction of sp³-hybridized carbons (Fsp3) is 0.800. The molecule has 5 nitrogen and oxygen atoms in total. The first kappa shape index (κ1) is 12.1. The molecule has 1 atom stereocenters. The second-order valence-corrected chi connectivity index (χ2v) is 1.78. The summed E-state index contributed by atoms with van der Waals surface area (Å²) in [6, 6.07) is 0.625. The number of nitrogens with two attached hydrogens (primary N) is 2. The largest absolute Gasteiger partial charge is 0.412 e. The van der Waals surface area contributed by atoms with Gasteiger partial charge in [-0.05, 0) is 6.42 Å². The summed E-state index contributed by atoms with van der Waals surface area (Å²) in [6.07, 6.45) is 4.21. The Morgan fingerprint density at radius 2 is 2.30 bits per heavy atom. The maximum absolute atomic E-state index is 4.00. The minimum Gasteiger partial charge on any atom is -0.412 e. The van der Waals surface area contributed by atoms with Gasteiger partial charge < -0.3 is 10.9 Å². The van der Waals surface area contributed by atoms with Crippen LogP contribution in [-0.2, 0) is 0 Å². The highest BCUT2D eigenvalue weighted by Crippen LogP contribution is 1.98. The molecule has 0 aromatic rings. The lowest BCUT2D eigenvalue weighted by molar-refractivity contribution is 0.568. The minimum absolute atomic E-state index is 0. The van der Waals surface area contributed by atoms with Crippen molar-refractivity contribution < 1.29 is 5.48 Å². The summed E-state index contributed by atoms with van der Waals surface area (Å²) in [5, 5.41) is 3.86. The van der Waals surface area contributed by atoms with E-state index in [1.807, 2.05) is 6.21 Å². The monoisotopic (exact) mass is 148 g/mol. The molecule has 1 rings (SSSR count). The molecule has 1 unspecified atom stereocenters. The fourth-order valence-electron chi connectivity index (χ4n) is 0.649. The third-order valence-corrected chi connectivity index (χ3v) is 1.23. The summed E-state index contributed by atoms with van der Waals surface area (Å²) in [7, 11) is 0. The lowest BCUT2D eigenvalue weighted by Gasteiger charge is -2.01. The topological polar surface area (TPSA) is 108 Å². The molecule has 0 amide bonds. The smallest absolute Gasteiger partial charge is 0.0487 e. The highest BCUT2D eigenvalue weighted by atomic mass is 16.0. The second-order valence-electron chi connectivity index (χ2n) is 1.78. The van der Waals surface area contributed by atoms with Crippen LogP contribution in [0.2, 0.25) is 0 Å². The number of rotatable bonds is 1. The molecule has 0 saturated heterocycles. The van der Waals surface area contributed by atoms with Crippen LogP contribution in [0.4, 0.5) is 0 Å². The zero-order chi connectivity index (χ0) is 7.11. The lowest BCUT2D eigenvalue weighted by atomic mass is 10.2. The van der Waals surface area contributed by atoms with Crippen molar-refractivity contribution in [2.45, 2.75) is 25.8 Å². The number of hydrazine groups is 1. The molecule has 1 aliphatic heterocycles. The van der Waals surface area contributed by atoms with Crippen molar-refractivity contribution >= 4 is 6.21 Å². The van der Waals surface area contributed by atoms with Gasteiger partial charge in [-0.25, -0.2) is 0 Å². The first-order chi connectivity index (χ1) is 4.43. The Hall–Kier alpha value is -0.650. The number of hydrogen-bond acceptors (Lipinski definition) is 4. The lowest BCUT2D eigenvalue weighted by Crippen LogP contribution is -2.16. The molecule has 10 heavy (non-hydrogen) atoms. The number of hydrazone groups is 1. The predicted molar refractivity (Wildman–Crippen MR) is 42.3 cm³/mol. The molecule has 0 fully saturated rings. The van der Waals surface area contributed by atoms with Crippen LogP contribution in [0.25, 0.3) is 0 Å². The van der Waals surface area contributed by atoms with E-state index in [0.29, 0.717) is 6.04 Å². The molecule has 0 spiro atoms. The summed E-state index contributed by atoms with van der Waals surface area (Å²) in [6.45, 7) is 2.16. The zero-order valence-electron chi connectivity index (χ0n) is 6.17.